The van der Waals surface area contributed by atoms with Gasteiger partial charge in [-0.05, 0) is 30.5 Å². The minimum Gasteiger partial charge on any atom is -0.372 e. The SMILES string of the molecule is N#CCC=Cc1cccc(N2CCCC2)c1. The summed E-state index contributed by atoms with van der Waals surface area (Å²) in [5.41, 5.74) is 2.48. The highest BCUT2D eigenvalue weighted by molar-refractivity contribution is 5.58. The van der Waals surface area contributed by atoms with Crippen LogP contribution < -0.4 is 4.90 Å². The maximum absolute atomic E-state index is 8.46. The topological polar surface area (TPSA) is 27.0 Å². The highest BCUT2D eigenvalue weighted by atomic mass is 15.1. The van der Waals surface area contributed by atoms with Gasteiger partial charge in [-0.15, -0.1) is 0 Å². The van der Waals surface area contributed by atoms with Crippen LogP contribution >= 0.6 is 0 Å². The summed E-state index contributed by atoms with van der Waals surface area (Å²) in [6, 6.07) is 10.6. The minimum absolute atomic E-state index is 0.480. The van der Waals surface area contributed by atoms with E-state index in [2.05, 4.69) is 35.2 Å². The molecule has 0 saturated carbocycles. The smallest absolute Gasteiger partial charge is 0.0663 e. The Bertz CT molecular complexity index is 409. The van der Waals surface area contributed by atoms with Crippen LogP contribution in [0.1, 0.15) is 24.8 Å². The third-order valence-corrected chi connectivity index (χ3v) is 2.86. The van der Waals surface area contributed by atoms with E-state index in [0.717, 1.165) is 0 Å². The second-order valence-electron chi connectivity index (χ2n) is 4.05. The zero-order valence-corrected chi connectivity index (χ0v) is 9.39. The number of hydrogen-bond acceptors (Lipinski definition) is 2. The molecule has 0 unspecified atom stereocenters. The van der Waals surface area contributed by atoms with Crippen molar-refractivity contribution < 1.29 is 0 Å². The molecule has 1 saturated heterocycles. The Kier molecular flexibility index (Phi) is 3.61. The van der Waals surface area contributed by atoms with Gasteiger partial charge in [-0.1, -0.05) is 24.3 Å². The molecule has 1 heterocycles. The highest BCUT2D eigenvalue weighted by Gasteiger charge is 2.11. The summed E-state index contributed by atoms with van der Waals surface area (Å²) in [6.45, 7) is 2.34. The Morgan fingerprint density at radius 3 is 2.88 bits per heavy atom. The lowest BCUT2D eigenvalue weighted by molar-refractivity contribution is 0.949. The highest BCUT2D eigenvalue weighted by Crippen LogP contribution is 2.21. The van der Waals surface area contributed by atoms with Crippen molar-refractivity contribution in [2.45, 2.75) is 19.3 Å². The molecule has 0 atom stereocenters. The molecule has 1 aromatic rings. The van der Waals surface area contributed by atoms with Crippen LogP contribution in [-0.2, 0) is 0 Å². The molecule has 16 heavy (non-hydrogen) atoms. The molecule has 2 rings (SSSR count). The molecular weight excluding hydrogens is 196 g/mol. The lowest BCUT2D eigenvalue weighted by Gasteiger charge is -2.17. The van der Waals surface area contributed by atoms with Crippen LogP contribution in [0, 0.1) is 11.3 Å². The van der Waals surface area contributed by atoms with Crippen LogP contribution in [0.5, 0.6) is 0 Å². The molecule has 2 heteroatoms. The van der Waals surface area contributed by atoms with E-state index >= 15 is 0 Å². The van der Waals surface area contributed by atoms with Gasteiger partial charge in [-0.2, -0.15) is 5.26 Å². The third kappa shape index (κ3) is 2.64. The van der Waals surface area contributed by atoms with E-state index in [1.807, 2.05) is 12.2 Å². The van der Waals surface area contributed by atoms with Crippen LogP contribution in [0.4, 0.5) is 5.69 Å². The second kappa shape index (κ2) is 5.37. The first-order valence-corrected chi connectivity index (χ1v) is 5.78. The van der Waals surface area contributed by atoms with E-state index in [9.17, 15) is 0 Å². The van der Waals surface area contributed by atoms with Gasteiger partial charge in [0.05, 0.1) is 12.5 Å². The van der Waals surface area contributed by atoms with Crippen LogP contribution in [0.2, 0.25) is 0 Å². The molecule has 1 aromatic carbocycles. The van der Waals surface area contributed by atoms with Crippen molar-refractivity contribution in [3.8, 4) is 6.07 Å². The Morgan fingerprint density at radius 2 is 2.12 bits per heavy atom. The van der Waals surface area contributed by atoms with Crippen molar-refractivity contribution in [1.82, 2.24) is 0 Å². The first-order valence-electron chi connectivity index (χ1n) is 5.78. The summed E-state index contributed by atoms with van der Waals surface area (Å²) >= 11 is 0. The van der Waals surface area contributed by atoms with Crippen LogP contribution in [0.15, 0.2) is 30.3 Å². The number of benzene rings is 1. The molecule has 0 radical (unpaired) electrons. The quantitative estimate of drug-likeness (QED) is 0.769. The van der Waals surface area contributed by atoms with E-state index in [4.69, 9.17) is 5.26 Å². The zero-order valence-electron chi connectivity index (χ0n) is 9.39. The Balaban J connectivity index is 2.10. The maximum atomic E-state index is 8.46. The Hall–Kier alpha value is -1.75. The average molecular weight is 212 g/mol. The lowest BCUT2D eigenvalue weighted by Crippen LogP contribution is -2.17. The summed E-state index contributed by atoms with van der Waals surface area (Å²) in [5.74, 6) is 0. The molecule has 0 aromatic heterocycles. The summed E-state index contributed by atoms with van der Waals surface area (Å²) < 4.78 is 0. The van der Waals surface area contributed by atoms with E-state index in [0.29, 0.717) is 6.42 Å². The largest absolute Gasteiger partial charge is 0.372 e. The van der Waals surface area contributed by atoms with Crippen LogP contribution in [-0.4, -0.2) is 13.1 Å². The molecule has 0 amide bonds. The van der Waals surface area contributed by atoms with Crippen molar-refractivity contribution >= 4 is 11.8 Å². The molecular formula is C14H16N2. The van der Waals surface area contributed by atoms with Gasteiger partial charge in [0, 0.05) is 18.8 Å². The first-order chi connectivity index (χ1) is 7.90. The molecule has 0 aliphatic carbocycles. The number of nitrogens with zero attached hydrogens (tertiary/aromatic N) is 2. The molecule has 1 aliphatic heterocycles. The molecule has 82 valence electrons. The van der Waals surface area contributed by atoms with Gasteiger partial charge < -0.3 is 4.90 Å². The fraction of sp³-hybridized carbons (Fsp3) is 0.357. The van der Waals surface area contributed by atoms with Crippen molar-refractivity contribution in [2.24, 2.45) is 0 Å². The predicted octanol–water partition coefficient (Wildman–Crippen LogP) is 3.21. The Morgan fingerprint density at radius 1 is 1.31 bits per heavy atom. The van der Waals surface area contributed by atoms with Crippen molar-refractivity contribution in [2.75, 3.05) is 18.0 Å². The molecule has 0 bridgehead atoms. The molecule has 0 spiro atoms. The zero-order chi connectivity index (χ0) is 11.2. The van der Waals surface area contributed by atoms with Gasteiger partial charge in [0.15, 0.2) is 0 Å². The second-order valence-corrected chi connectivity index (χ2v) is 4.05. The van der Waals surface area contributed by atoms with E-state index < -0.39 is 0 Å². The first kappa shape index (κ1) is 10.8. The predicted molar refractivity (Wildman–Crippen MR) is 67.2 cm³/mol. The summed E-state index contributed by atoms with van der Waals surface area (Å²) in [5, 5.41) is 8.46. The maximum Gasteiger partial charge on any atom is 0.0663 e. The fourth-order valence-electron chi connectivity index (χ4n) is 2.05. The standard InChI is InChI=1S/C14H16N2/c15-9-2-1-6-13-7-5-8-14(12-13)16-10-3-4-11-16/h1,5-8,12H,2-4,10-11H2. The van der Waals surface area contributed by atoms with E-state index in [1.54, 1.807) is 0 Å². The minimum atomic E-state index is 0.480. The normalized spacial score (nSPS) is 15.6. The summed E-state index contributed by atoms with van der Waals surface area (Å²) in [7, 11) is 0. The Labute approximate surface area is 96.8 Å². The summed E-state index contributed by atoms with van der Waals surface area (Å²) in [6.07, 6.45) is 7.00. The van der Waals surface area contributed by atoms with Gasteiger partial charge in [0.1, 0.15) is 0 Å². The molecule has 1 fully saturated rings. The fourth-order valence-corrected chi connectivity index (χ4v) is 2.05. The molecule has 0 N–H and O–H groups in total. The van der Waals surface area contributed by atoms with Gasteiger partial charge in [0.25, 0.3) is 0 Å². The number of rotatable bonds is 3. The van der Waals surface area contributed by atoms with Gasteiger partial charge in [0.2, 0.25) is 0 Å². The monoisotopic (exact) mass is 212 g/mol. The van der Waals surface area contributed by atoms with Crippen LogP contribution in [0.25, 0.3) is 6.08 Å². The average Bonchev–Trinajstić information content (AvgIpc) is 2.83. The van der Waals surface area contributed by atoms with Crippen LogP contribution in [0.3, 0.4) is 0 Å². The number of anilines is 1. The molecule has 2 nitrogen and oxygen atoms in total. The van der Waals surface area contributed by atoms with Gasteiger partial charge >= 0.3 is 0 Å². The number of nitriles is 1. The van der Waals surface area contributed by atoms with Crippen molar-refractivity contribution in [1.29, 1.82) is 5.26 Å². The van der Waals surface area contributed by atoms with Gasteiger partial charge in [-0.3, -0.25) is 0 Å². The third-order valence-electron chi connectivity index (χ3n) is 2.86. The summed E-state index contributed by atoms with van der Waals surface area (Å²) in [4.78, 5) is 2.42. The molecule has 1 aliphatic rings. The van der Waals surface area contributed by atoms with Crippen molar-refractivity contribution in [3.63, 3.8) is 0 Å². The lowest BCUT2D eigenvalue weighted by atomic mass is 10.1. The van der Waals surface area contributed by atoms with Crippen molar-refractivity contribution in [3.05, 3.63) is 35.9 Å². The van der Waals surface area contributed by atoms with E-state index in [1.165, 1.54) is 37.2 Å². The number of hydrogen-bond donors (Lipinski definition) is 0. The van der Waals surface area contributed by atoms with Gasteiger partial charge in [-0.25, -0.2) is 0 Å². The number of allylic oxidation sites excluding steroid dienone is 1. The van der Waals surface area contributed by atoms with E-state index in [-0.39, 0.29) is 0 Å².